The molecule has 3 aromatic carbocycles. The van der Waals surface area contributed by atoms with Gasteiger partial charge in [0, 0.05) is 18.7 Å². The van der Waals surface area contributed by atoms with Gasteiger partial charge in [0.15, 0.2) is 5.13 Å². The Morgan fingerprint density at radius 3 is 2.42 bits per heavy atom. The molecule has 0 aliphatic carbocycles. The van der Waals surface area contributed by atoms with Crippen molar-refractivity contribution in [2.24, 2.45) is 0 Å². The van der Waals surface area contributed by atoms with Gasteiger partial charge in [-0.1, -0.05) is 35.6 Å². The number of para-hydroxylation sites is 1. The van der Waals surface area contributed by atoms with Gasteiger partial charge in [-0.15, -0.1) is 0 Å². The van der Waals surface area contributed by atoms with Crippen LogP contribution in [0, 0.1) is 0 Å². The van der Waals surface area contributed by atoms with Gasteiger partial charge in [0.1, 0.15) is 5.75 Å². The number of aromatic nitrogens is 1. The van der Waals surface area contributed by atoms with Crippen molar-refractivity contribution in [3.05, 3.63) is 90.0 Å². The Morgan fingerprint density at radius 1 is 1.03 bits per heavy atom. The molecule has 0 atom stereocenters. The van der Waals surface area contributed by atoms with Gasteiger partial charge in [-0.2, -0.15) is 0 Å². The van der Waals surface area contributed by atoms with Crippen LogP contribution < -0.4 is 15.0 Å². The van der Waals surface area contributed by atoms with Gasteiger partial charge < -0.3 is 10.1 Å². The molecule has 0 unspecified atom stereocenters. The predicted molar refractivity (Wildman–Crippen MR) is 133 cm³/mol. The number of nitrogens with one attached hydrogen (secondary N) is 1. The van der Waals surface area contributed by atoms with Crippen LogP contribution >= 0.6 is 11.3 Å². The summed E-state index contributed by atoms with van der Waals surface area (Å²) >= 11 is 1.46. The highest BCUT2D eigenvalue weighted by molar-refractivity contribution is 7.22. The second-order valence-corrected chi connectivity index (χ2v) is 8.11. The van der Waals surface area contributed by atoms with E-state index in [0.29, 0.717) is 23.0 Å². The van der Waals surface area contributed by atoms with Gasteiger partial charge in [0.25, 0.3) is 11.8 Å². The highest BCUT2D eigenvalue weighted by Crippen LogP contribution is 2.34. The van der Waals surface area contributed by atoms with E-state index < -0.39 is 0 Å². The van der Waals surface area contributed by atoms with Gasteiger partial charge in [-0.3, -0.25) is 14.5 Å². The maximum Gasteiger partial charge on any atom is 0.257 e. The second kappa shape index (κ2) is 10.1. The quantitative estimate of drug-likeness (QED) is 0.376. The van der Waals surface area contributed by atoms with Crippen LogP contribution in [-0.4, -0.2) is 30.5 Å². The number of amides is 2. The van der Waals surface area contributed by atoms with Crippen LogP contribution in [-0.2, 0) is 4.79 Å². The molecule has 1 aromatic heterocycles. The third-order valence-corrected chi connectivity index (χ3v) is 5.94. The zero-order valence-corrected chi connectivity index (χ0v) is 19.1. The van der Waals surface area contributed by atoms with E-state index in [1.54, 1.807) is 42.3 Å². The Bertz CT molecular complexity index is 1260. The second-order valence-electron chi connectivity index (χ2n) is 7.10. The number of hydrogen-bond donors (Lipinski definition) is 1. The first kappa shape index (κ1) is 22.2. The van der Waals surface area contributed by atoms with E-state index in [1.165, 1.54) is 17.4 Å². The summed E-state index contributed by atoms with van der Waals surface area (Å²) < 4.78 is 6.54. The molecule has 0 bridgehead atoms. The molecule has 1 N–H and O–H groups in total. The lowest BCUT2D eigenvalue weighted by Gasteiger charge is -2.18. The zero-order chi connectivity index (χ0) is 23.2. The van der Waals surface area contributed by atoms with Crippen molar-refractivity contribution in [2.45, 2.75) is 6.92 Å². The van der Waals surface area contributed by atoms with Crippen molar-refractivity contribution in [1.82, 2.24) is 10.3 Å². The van der Waals surface area contributed by atoms with Crippen molar-refractivity contribution in [3.63, 3.8) is 0 Å². The van der Waals surface area contributed by atoms with E-state index in [1.807, 2.05) is 55.5 Å². The summed E-state index contributed by atoms with van der Waals surface area (Å²) in [5.41, 5.74) is 2.91. The first-order valence-electron chi connectivity index (χ1n) is 10.5. The number of nitrogens with zero attached hydrogens (tertiary/aromatic N) is 2. The van der Waals surface area contributed by atoms with E-state index in [9.17, 15) is 9.59 Å². The number of thiazole rings is 1. The maximum absolute atomic E-state index is 13.3. The van der Waals surface area contributed by atoms with E-state index in [-0.39, 0.29) is 11.8 Å². The lowest BCUT2D eigenvalue weighted by molar-refractivity contribution is -0.113. The van der Waals surface area contributed by atoms with Crippen molar-refractivity contribution in [1.29, 1.82) is 0 Å². The first-order valence-corrected chi connectivity index (χ1v) is 11.3. The molecular weight excluding hydrogens is 434 g/mol. The number of carbonyl (C=O) groups is 2. The summed E-state index contributed by atoms with van der Waals surface area (Å²) in [6.45, 7) is 2.50. The summed E-state index contributed by atoms with van der Waals surface area (Å²) in [5.74, 6) is 0.359. The molecule has 0 saturated heterocycles. The fourth-order valence-electron chi connectivity index (χ4n) is 3.28. The van der Waals surface area contributed by atoms with E-state index in [0.717, 1.165) is 21.5 Å². The molecule has 0 radical (unpaired) electrons. The van der Waals surface area contributed by atoms with Crippen LogP contribution in [0.4, 0.5) is 10.8 Å². The number of hydrogen-bond acceptors (Lipinski definition) is 5. The van der Waals surface area contributed by atoms with Crippen LogP contribution in [0.1, 0.15) is 22.8 Å². The summed E-state index contributed by atoms with van der Waals surface area (Å²) in [4.78, 5) is 31.3. The van der Waals surface area contributed by atoms with Crippen LogP contribution in [0.5, 0.6) is 5.75 Å². The average Bonchev–Trinajstić information content (AvgIpc) is 3.27. The zero-order valence-electron chi connectivity index (χ0n) is 18.3. The number of ether oxygens (including phenoxy) is 1. The minimum absolute atomic E-state index is 0.154. The third kappa shape index (κ3) is 5.10. The smallest absolute Gasteiger partial charge is 0.257 e. The van der Waals surface area contributed by atoms with Gasteiger partial charge >= 0.3 is 0 Å². The Hall–Kier alpha value is -3.97. The molecular formula is C26H23N3O3S. The topological polar surface area (TPSA) is 71.5 Å². The molecule has 4 aromatic rings. The molecule has 166 valence electrons. The van der Waals surface area contributed by atoms with Gasteiger partial charge in [-0.25, -0.2) is 4.98 Å². The SMILES string of the molecule is CCOc1ccc(N(C(=O)/C=C/c2ccc(C(=O)NC)cc2)c2nc3ccccc3s2)cc1. The molecule has 1 heterocycles. The molecule has 0 saturated carbocycles. The largest absolute Gasteiger partial charge is 0.494 e. The highest BCUT2D eigenvalue weighted by Gasteiger charge is 2.20. The summed E-state index contributed by atoms with van der Waals surface area (Å²) in [6.07, 6.45) is 3.24. The van der Waals surface area contributed by atoms with E-state index >= 15 is 0 Å². The molecule has 0 spiro atoms. The molecule has 2 amide bonds. The Kier molecular flexibility index (Phi) is 6.80. The number of carbonyl (C=O) groups excluding carboxylic acids is 2. The van der Waals surface area contributed by atoms with E-state index in [4.69, 9.17) is 4.74 Å². The van der Waals surface area contributed by atoms with Crippen LogP contribution in [0.2, 0.25) is 0 Å². The fraction of sp³-hybridized carbons (Fsp3) is 0.115. The van der Waals surface area contributed by atoms with Crippen LogP contribution in [0.3, 0.4) is 0 Å². The Morgan fingerprint density at radius 2 is 1.76 bits per heavy atom. The average molecular weight is 458 g/mol. The monoisotopic (exact) mass is 457 g/mol. The molecule has 4 rings (SSSR count). The minimum Gasteiger partial charge on any atom is -0.494 e. The van der Waals surface area contributed by atoms with Crippen molar-refractivity contribution >= 4 is 50.3 Å². The molecule has 0 aliphatic rings. The predicted octanol–water partition coefficient (Wildman–Crippen LogP) is 5.43. The van der Waals surface area contributed by atoms with E-state index in [2.05, 4.69) is 10.3 Å². The minimum atomic E-state index is -0.228. The van der Waals surface area contributed by atoms with Crippen LogP contribution in [0.15, 0.2) is 78.9 Å². The first-order chi connectivity index (χ1) is 16.1. The standard InChI is InChI=1S/C26H23N3O3S/c1-3-32-21-15-13-20(14-16-21)29(26-28-22-6-4-5-7-23(22)33-26)24(30)17-10-18-8-11-19(12-9-18)25(31)27-2/h4-17H,3H2,1-2H3,(H,27,31)/b17-10+. The van der Waals surface area contributed by atoms with Gasteiger partial charge in [0.2, 0.25) is 0 Å². The highest BCUT2D eigenvalue weighted by atomic mass is 32.1. The summed E-state index contributed by atoms with van der Waals surface area (Å²) in [6, 6.07) is 22.2. The Labute approximate surface area is 196 Å². The van der Waals surface area contributed by atoms with Crippen molar-refractivity contribution in [3.8, 4) is 5.75 Å². The van der Waals surface area contributed by atoms with Gasteiger partial charge in [0.05, 0.1) is 22.5 Å². The molecule has 7 heteroatoms. The Balaban J connectivity index is 1.65. The van der Waals surface area contributed by atoms with Crippen molar-refractivity contribution in [2.75, 3.05) is 18.6 Å². The number of benzene rings is 3. The molecule has 0 fully saturated rings. The molecule has 0 aliphatic heterocycles. The lowest BCUT2D eigenvalue weighted by atomic mass is 10.1. The summed E-state index contributed by atoms with van der Waals surface area (Å²) in [7, 11) is 1.59. The molecule has 6 nitrogen and oxygen atoms in total. The summed E-state index contributed by atoms with van der Waals surface area (Å²) in [5, 5.41) is 3.18. The number of anilines is 2. The van der Waals surface area contributed by atoms with Crippen LogP contribution in [0.25, 0.3) is 16.3 Å². The number of fused-ring (bicyclic) bond motifs is 1. The lowest BCUT2D eigenvalue weighted by Crippen LogP contribution is -2.23. The normalized spacial score (nSPS) is 11.0. The number of rotatable bonds is 7. The third-order valence-electron chi connectivity index (χ3n) is 4.92. The fourth-order valence-corrected chi connectivity index (χ4v) is 4.27. The maximum atomic E-state index is 13.3. The van der Waals surface area contributed by atoms with Crippen molar-refractivity contribution < 1.29 is 14.3 Å². The van der Waals surface area contributed by atoms with Gasteiger partial charge in [-0.05, 0) is 67.1 Å². The molecule has 33 heavy (non-hydrogen) atoms.